The third-order valence-corrected chi connectivity index (χ3v) is 6.83. The van der Waals surface area contributed by atoms with Gasteiger partial charge >= 0.3 is 5.97 Å². The van der Waals surface area contributed by atoms with Crippen LogP contribution in [0.5, 0.6) is 0 Å². The molecule has 0 aromatic heterocycles. The number of hydrogen-bond acceptors (Lipinski definition) is 6. The SMILES string of the molecule is O=C(CSC1CCS(=O)(=O)C1)NCC1CCC(C(=O)O)O1. The topological polar surface area (TPSA) is 110 Å². The van der Waals surface area contributed by atoms with Gasteiger partial charge in [-0.25, -0.2) is 13.2 Å². The fraction of sp³-hybridized carbons (Fsp3) is 0.833. The molecule has 2 N–H and O–H groups in total. The number of carboxylic acids is 1. The molecule has 2 aliphatic heterocycles. The Morgan fingerprint density at radius 1 is 1.29 bits per heavy atom. The third kappa shape index (κ3) is 5.15. The number of ether oxygens (including phenoxy) is 1. The van der Waals surface area contributed by atoms with E-state index in [-0.39, 0.29) is 34.5 Å². The fourth-order valence-electron chi connectivity index (χ4n) is 2.40. The van der Waals surface area contributed by atoms with Crippen molar-refractivity contribution in [3.8, 4) is 0 Å². The summed E-state index contributed by atoms with van der Waals surface area (Å²) in [5, 5.41) is 11.5. The first kappa shape index (κ1) is 16.6. The molecule has 9 heteroatoms. The maximum atomic E-state index is 11.7. The Kier molecular flexibility index (Phi) is 5.50. The number of amides is 1. The molecule has 2 saturated heterocycles. The summed E-state index contributed by atoms with van der Waals surface area (Å²) >= 11 is 1.36. The molecule has 0 aromatic rings. The van der Waals surface area contributed by atoms with Gasteiger partial charge in [-0.2, -0.15) is 0 Å². The summed E-state index contributed by atoms with van der Waals surface area (Å²) in [5.74, 6) is -0.570. The molecule has 2 rings (SSSR count). The number of carbonyl (C=O) groups excluding carboxylic acids is 1. The largest absolute Gasteiger partial charge is 0.479 e. The molecule has 120 valence electrons. The molecule has 1 amide bonds. The van der Waals surface area contributed by atoms with E-state index >= 15 is 0 Å². The van der Waals surface area contributed by atoms with Crippen molar-refractivity contribution in [1.82, 2.24) is 5.32 Å². The van der Waals surface area contributed by atoms with E-state index in [9.17, 15) is 18.0 Å². The standard InChI is InChI=1S/C12H19NO6S2/c14-11(6-20-9-3-4-21(17,18)7-9)13-5-8-1-2-10(19-8)12(15)16/h8-10H,1-7H2,(H,13,14)(H,15,16). The Morgan fingerprint density at radius 3 is 2.62 bits per heavy atom. The Bertz CT molecular complexity index is 506. The van der Waals surface area contributed by atoms with Crippen LogP contribution >= 0.6 is 11.8 Å². The van der Waals surface area contributed by atoms with Crippen LogP contribution < -0.4 is 5.32 Å². The number of sulfone groups is 1. The van der Waals surface area contributed by atoms with Crippen molar-refractivity contribution < 1.29 is 27.9 Å². The van der Waals surface area contributed by atoms with Crippen LogP contribution in [-0.4, -0.2) is 66.7 Å². The lowest BCUT2D eigenvalue weighted by Crippen LogP contribution is -2.34. The van der Waals surface area contributed by atoms with E-state index in [0.717, 1.165) is 0 Å². The van der Waals surface area contributed by atoms with Gasteiger partial charge in [0.05, 0.1) is 23.4 Å². The van der Waals surface area contributed by atoms with Gasteiger partial charge < -0.3 is 15.2 Å². The van der Waals surface area contributed by atoms with E-state index in [1.165, 1.54) is 11.8 Å². The molecule has 0 bridgehead atoms. The van der Waals surface area contributed by atoms with Gasteiger partial charge in [-0.05, 0) is 19.3 Å². The van der Waals surface area contributed by atoms with Crippen molar-refractivity contribution in [2.24, 2.45) is 0 Å². The molecule has 7 nitrogen and oxygen atoms in total. The highest BCUT2D eigenvalue weighted by Gasteiger charge is 2.31. The summed E-state index contributed by atoms with van der Waals surface area (Å²) in [6.45, 7) is 0.298. The van der Waals surface area contributed by atoms with Crippen LogP contribution in [0.1, 0.15) is 19.3 Å². The van der Waals surface area contributed by atoms with Crippen molar-refractivity contribution in [3.63, 3.8) is 0 Å². The predicted molar refractivity (Wildman–Crippen MR) is 78.1 cm³/mol. The molecule has 0 aliphatic carbocycles. The lowest BCUT2D eigenvalue weighted by Gasteiger charge is -2.13. The van der Waals surface area contributed by atoms with Crippen molar-refractivity contribution in [2.45, 2.75) is 36.7 Å². The van der Waals surface area contributed by atoms with Crippen LogP contribution in [0.15, 0.2) is 0 Å². The van der Waals surface area contributed by atoms with Gasteiger partial charge in [-0.1, -0.05) is 0 Å². The number of rotatable bonds is 6. The summed E-state index contributed by atoms with van der Waals surface area (Å²) in [4.78, 5) is 22.4. The normalized spacial score (nSPS) is 31.1. The number of thioether (sulfide) groups is 1. The Labute approximate surface area is 127 Å². The van der Waals surface area contributed by atoms with Gasteiger partial charge in [0, 0.05) is 11.8 Å². The Hall–Kier alpha value is -0.800. The third-order valence-electron chi connectivity index (χ3n) is 3.55. The molecule has 0 radical (unpaired) electrons. The van der Waals surface area contributed by atoms with Crippen LogP contribution in [0.3, 0.4) is 0 Å². The Balaban J connectivity index is 1.61. The molecular formula is C12H19NO6S2. The van der Waals surface area contributed by atoms with Crippen LogP contribution in [0.2, 0.25) is 0 Å². The summed E-state index contributed by atoms with van der Waals surface area (Å²) in [6.07, 6.45) is 0.652. The summed E-state index contributed by atoms with van der Waals surface area (Å²) in [6, 6.07) is 0. The summed E-state index contributed by atoms with van der Waals surface area (Å²) in [7, 11) is -2.91. The highest BCUT2D eigenvalue weighted by molar-refractivity contribution is 8.02. The average molecular weight is 337 g/mol. The lowest BCUT2D eigenvalue weighted by molar-refractivity contribution is -0.149. The molecule has 21 heavy (non-hydrogen) atoms. The average Bonchev–Trinajstić information content (AvgIpc) is 3.00. The minimum Gasteiger partial charge on any atom is -0.479 e. The van der Waals surface area contributed by atoms with Crippen molar-refractivity contribution in [2.75, 3.05) is 23.8 Å². The van der Waals surface area contributed by atoms with Gasteiger partial charge in [-0.3, -0.25) is 4.79 Å². The monoisotopic (exact) mass is 337 g/mol. The van der Waals surface area contributed by atoms with Gasteiger partial charge in [0.2, 0.25) is 5.91 Å². The van der Waals surface area contributed by atoms with E-state index in [4.69, 9.17) is 9.84 Å². The highest BCUT2D eigenvalue weighted by Crippen LogP contribution is 2.24. The van der Waals surface area contributed by atoms with Gasteiger partial charge in [0.25, 0.3) is 0 Å². The van der Waals surface area contributed by atoms with Gasteiger partial charge in [0.1, 0.15) is 0 Å². The molecule has 3 atom stereocenters. The second kappa shape index (κ2) is 6.97. The smallest absolute Gasteiger partial charge is 0.332 e. The van der Waals surface area contributed by atoms with Gasteiger partial charge in [0.15, 0.2) is 15.9 Å². The number of carboxylic acid groups (broad SMARTS) is 1. The van der Waals surface area contributed by atoms with Crippen LogP contribution in [0, 0.1) is 0 Å². The minimum absolute atomic E-state index is 0.000119. The predicted octanol–water partition coefficient (Wildman–Crippen LogP) is -0.345. The van der Waals surface area contributed by atoms with E-state index in [0.29, 0.717) is 25.8 Å². The second-order valence-electron chi connectivity index (χ2n) is 5.30. The maximum Gasteiger partial charge on any atom is 0.332 e. The Morgan fingerprint density at radius 2 is 2.05 bits per heavy atom. The first-order chi connectivity index (χ1) is 9.85. The molecule has 2 heterocycles. The second-order valence-corrected chi connectivity index (χ2v) is 8.82. The number of aliphatic carboxylic acids is 1. The quantitative estimate of drug-likeness (QED) is 0.682. The fourth-order valence-corrected chi connectivity index (χ4v) is 5.88. The van der Waals surface area contributed by atoms with Crippen molar-refractivity contribution in [1.29, 1.82) is 0 Å². The lowest BCUT2D eigenvalue weighted by atomic mass is 10.2. The van der Waals surface area contributed by atoms with Gasteiger partial charge in [-0.15, -0.1) is 11.8 Å². The summed E-state index contributed by atoms with van der Waals surface area (Å²) < 4.78 is 27.9. The highest BCUT2D eigenvalue weighted by atomic mass is 32.2. The zero-order valence-electron chi connectivity index (χ0n) is 11.5. The number of hydrogen-bond donors (Lipinski definition) is 2. The van der Waals surface area contributed by atoms with Crippen LogP contribution in [-0.2, 0) is 24.2 Å². The van der Waals surface area contributed by atoms with Crippen LogP contribution in [0.25, 0.3) is 0 Å². The maximum absolute atomic E-state index is 11.7. The molecule has 0 spiro atoms. The molecular weight excluding hydrogens is 318 g/mol. The number of carbonyl (C=O) groups is 2. The molecule has 0 saturated carbocycles. The first-order valence-electron chi connectivity index (χ1n) is 6.83. The first-order valence-corrected chi connectivity index (χ1v) is 9.70. The zero-order valence-corrected chi connectivity index (χ0v) is 13.1. The van der Waals surface area contributed by atoms with Crippen molar-refractivity contribution in [3.05, 3.63) is 0 Å². The summed E-state index contributed by atoms with van der Waals surface area (Å²) in [5.41, 5.74) is 0. The van der Waals surface area contributed by atoms with E-state index in [2.05, 4.69) is 5.32 Å². The molecule has 2 aliphatic rings. The van der Waals surface area contributed by atoms with E-state index in [1.54, 1.807) is 0 Å². The molecule has 0 aromatic carbocycles. The molecule has 3 unspecified atom stereocenters. The zero-order chi connectivity index (χ0) is 15.5. The molecule has 2 fully saturated rings. The minimum atomic E-state index is -2.91. The van der Waals surface area contributed by atoms with E-state index < -0.39 is 21.9 Å². The number of nitrogens with one attached hydrogen (secondary N) is 1. The van der Waals surface area contributed by atoms with E-state index in [1.807, 2.05) is 0 Å². The van der Waals surface area contributed by atoms with Crippen LogP contribution in [0.4, 0.5) is 0 Å². The van der Waals surface area contributed by atoms with Crippen molar-refractivity contribution >= 4 is 33.5 Å².